The summed E-state index contributed by atoms with van der Waals surface area (Å²) >= 11 is 0. The summed E-state index contributed by atoms with van der Waals surface area (Å²) in [6.45, 7) is 0. The molecule has 1 unspecified atom stereocenters. The predicted octanol–water partition coefficient (Wildman–Crippen LogP) is 2.93. The van der Waals surface area contributed by atoms with Crippen molar-refractivity contribution in [3.8, 4) is 11.5 Å². The molecule has 7 nitrogen and oxygen atoms in total. The summed E-state index contributed by atoms with van der Waals surface area (Å²) in [5.41, 5.74) is 1.37. The Morgan fingerprint density at radius 2 is 1.75 bits per heavy atom. The number of nitrogens with one attached hydrogen (secondary N) is 1. The fraction of sp³-hybridized carbons (Fsp3) is 0.286. The number of imide groups is 2. The molecule has 0 aliphatic carbocycles. The van der Waals surface area contributed by atoms with Crippen molar-refractivity contribution in [3.63, 3.8) is 0 Å². The molecule has 3 rings (SSSR count). The lowest BCUT2D eigenvalue weighted by atomic mass is 9.95. The van der Waals surface area contributed by atoms with Gasteiger partial charge in [0.05, 0.1) is 19.9 Å². The number of anilines is 1. The monoisotopic (exact) mass is 382 g/mol. The van der Waals surface area contributed by atoms with Gasteiger partial charge in [-0.15, -0.1) is 0 Å². The Morgan fingerprint density at radius 1 is 1.00 bits per heavy atom. The molecule has 0 bridgehead atoms. The zero-order chi connectivity index (χ0) is 20.1. The van der Waals surface area contributed by atoms with Gasteiger partial charge in [-0.25, -0.2) is 9.69 Å². The number of rotatable bonds is 7. The van der Waals surface area contributed by atoms with Crippen LogP contribution in [0, 0.1) is 5.92 Å². The topological polar surface area (TPSA) is 84.9 Å². The van der Waals surface area contributed by atoms with Crippen LogP contribution in [0.15, 0.2) is 48.5 Å². The third-order valence-corrected chi connectivity index (χ3v) is 4.70. The highest BCUT2D eigenvalue weighted by Crippen LogP contribution is 2.35. The first kappa shape index (κ1) is 19.4. The van der Waals surface area contributed by atoms with Crippen LogP contribution in [-0.2, 0) is 16.0 Å². The van der Waals surface area contributed by atoms with E-state index in [9.17, 15) is 14.4 Å². The lowest BCUT2D eigenvalue weighted by molar-refractivity contribution is -0.134. The zero-order valence-corrected chi connectivity index (χ0v) is 15.8. The third-order valence-electron chi connectivity index (χ3n) is 4.70. The number of amides is 4. The minimum atomic E-state index is -0.933. The Balaban J connectivity index is 1.80. The molecule has 4 amide bonds. The fourth-order valence-corrected chi connectivity index (χ4v) is 3.23. The van der Waals surface area contributed by atoms with Crippen LogP contribution in [0.5, 0.6) is 11.5 Å². The first-order valence-corrected chi connectivity index (χ1v) is 9.00. The van der Waals surface area contributed by atoms with Gasteiger partial charge in [0.25, 0.3) is 0 Å². The van der Waals surface area contributed by atoms with Gasteiger partial charge in [-0.05, 0) is 37.0 Å². The van der Waals surface area contributed by atoms with Gasteiger partial charge in [-0.3, -0.25) is 14.9 Å². The van der Waals surface area contributed by atoms with Gasteiger partial charge in [0.1, 0.15) is 17.4 Å². The molecule has 0 spiro atoms. The number of hydrogen-bond acceptors (Lipinski definition) is 5. The summed E-state index contributed by atoms with van der Waals surface area (Å²) in [6, 6.07) is 13.8. The predicted molar refractivity (Wildman–Crippen MR) is 103 cm³/mol. The van der Waals surface area contributed by atoms with Gasteiger partial charge < -0.3 is 9.47 Å². The van der Waals surface area contributed by atoms with E-state index in [4.69, 9.17) is 9.47 Å². The number of ether oxygens (including phenoxy) is 2. The van der Waals surface area contributed by atoms with Gasteiger partial charge in [0.15, 0.2) is 0 Å². The van der Waals surface area contributed by atoms with Crippen LogP contribution in [0.3, 0.4) is 0 Å². The van der Waals surface area contributed by atoms with Crippen molar-refractivity contribution in [3.05, 3.63) is 54.1 Å². The first-order chi connectivity index (χ1) is 13.5. The summed E-state index contributed by atoms with van der Waals surface area (Å²) in [5, 5.41) is 2.28. The molecule has 28 heavy (non-hydrogen) atoms. The van der Waals surface area contributed by atoms with Crippen LogP contribution >= 0.6 is 0 Å². The van der Waals surface area contributed by atoms with Crippen molar-refractivity contribution in [2.45, 2.75) is 19.3 Å². The van der Waals surface area contributed by atoms with Gasteiger partial charge >= 0.3 is 6.03 Å². The molecule has 1 saturated heterocycles. The number of carbonyl (C=O) groups excluding carboxylic acids is 3. The van der Waals surface area contributed by atoms with Gasteiger partial charge in [-0.2, -0.15) is 0 Å². The fourth-order valence-electron chi connectivity index (χ4n) is 3.23. The number of aryl methyl sites for hydroxylation is 1. The number of barbiturate groups is 1. The molecule has 1 atom stereocenters. The summed E-state index contributed by atoms with van der Waals surface area (Å²) in [4.78, 5) is 38.6. The van der Waals surface area contributed by atoms with E-state index < -0.39 is 23.8 Å². The molecular weight excluding hydrogens is 360 g/mol. The van der Waals surface area contributed by atoms with Crippen LogP contribution in [0.4, 0.5) is 10.5 Å². The maximum Gasteiger partial charge on any atom is 0.335 e. The number of hydrogen-bond donors (Lipinski definition) is 1. The van der Waals surface area contributed by atoms with E-state index in [-0.39, 0.29) is 5.69 Å². The number of nitrogens with zero attached hydrogens (tertiary/aromatic N) is 1. The third kappa shape index (κ3) is 3.98. The average Bonchev–Trinajstić information content (AvgIpc) is 2.71. The summed E-state index contributed by atoms with van der Waals surface area (Å²) in [6.07, 6.45) is 1.73. The molecule has 1 aliphatic heterocycles. The van der Waals surface area contributed by atoms with E-state index in [1.54, 1.807) is 12.1 Å². The Kier molecular flexibility index (Phi) is 5.93. The Labute approximate surface area is 163 Å². The van der Waals surface area contributed by atoms with Crippen LogP contribution < -0.4 is 19.7 Å². The highest BCUT2D eigenvalue weighted by atomic mass is 16.5. The number of urea groups is 1. The largest absolute Gasteiger partial charge is 0.497 e. The maximum atomic E-state index is 13.0. The first-order valence-electron chi connectivity index (χ1n) is 9.00. The Hall–Kier alpha value is -3.35. The second-order valence-corrected chi connectivity index (χ2v) is 6.44. The van der Waals surface area contributed by atoms with Crippen molar-refractivity contribution in [1.82, 2.24) is 5.32 Å². The quantitative estimate of drug-likeness (QED) is 0.745. The van der Waals surface area contributed by atoms with E-state index in [2.05, 4.69) is 5.32 Å². The summed E-state index contributed by atoms with van der Waals surface area (Å²) in [5.74, 6) is -1.26. The van der Waals surface area contributed by atoms with Gasteiger partial charge in [0, 0.05) is 6.07 Å². The van der Waals surface area contributed by atoms with Crippen LogP contribution in [-0.4, -0.2) is 32.1 Å². The maximum absolute atomic E-state index is 13.0. The molecule has 0 radical (unpaired) electrons. The Morgan fingerprint density at radius 3 is 2.43 bits per heavy atom. The van der Waals surface area contributed by atoms with Crippen molar-refractivity contribution >= 4 is 23.5 Å². The highest BCUT2D eigenvalue weighted by molar-refractivity contribution is 6.28. The molecule has 1 fully saturated rings. The Bertz CT molecular complexity index is 882. The molecule has 2 aromatic rings. The molecule has 1 aliphatic rings. The number of benzene rings is 2. The summed E-state index contributed by atoms with van der Waals surface area (Å²) in [7, 11) is 2.93. The minimum absolute atomic E-state index is 0.241. The molecule has 146 valence electrons. The van der Waals surface area contributed by atoms with E-state index in [1.165, 1.54) is 20.3 Å². The van der Waals surface area contributed by atoms with Crippen LogP contribution in [0.2, 0.25) is 0 Å². The summed E-state index contributed by atoms with van der Waals surface area (Å²) < 4.78 is 10.5. The van der Waals surface area contributed by atoms with E-state index >= 15 is 0 Å². The van der Waals surface area contributed by atoms with Gasteiger partial charge in [-0.1, -0.05) is 30.3 Å². The highest BCUT2D eigenvalue weighted by Gasteiger charge is 2.41. The smallest absolute Gasteiger partial charge is 0.335 e. The van der Waals surface area contributed by atoms with Crippen molar-refractivity contribution < 1.29 is 23.9 Å². The molecule has 0 saturated carbocycles. The molecule has 2 aromatic carbocycles. The standard InChI is InChI=1S/C21H22N2O5/c1-27-15-11-12-18(28-2)17(13-15)23-20(25)16(19(24)22-21(23)26)10-6-9-14-7-4-3-5-8-14/h3-5,7-8,11-13,16H,6,9-10H2,1-2H3,(H,22,24,26). The minimum Gasteiger partial charge on any atom is -0.497 e. The van der Waals surface area contributed by atoms with Crippen molar-refractivity contribution in [1.29, 1.82) is 0 Å². The lowest BCUT2D eigenvalue weighted by Gasteiger charge is -2.31. The number of methoxy groups -OCH3 is 2. The van der Waals surface area contributed by atoms with Crippen molar-refractivity contribution in [2.75, 3.05) is 19.1 Å². The van der Waals surface area contributed by atoms with Crippen LogP contribution in [0.25, 0.3) is 0 Å². The zero-order valence-electron chi connectivity index (χ0n) is 15.8. The average molecular weight is 382 g/mol. The molecule has 7 heteroatoms. The number of carbonyl (C=O) groups is 3. The molecule has 0 aromatic heterocycles. The van der Waals surface area contributed by atoms with E-state index in [0.29, 0.717) is 24.3 Å². The molecule has 1 heterocycles. The normalized spacial score (nSPS) is 16.7. The van der Waals surface area contributed by atoms with Gasteiger partial charge in [0.2, 0.25) is 11.8 Å². The van der Waals surface area contributed by atoms with E-state index in [1.807, 2.05) is 30.3 Å². The molecule has 1 N–H and O–H groups in total. The van der Waals surface area contributed by atoms with Crippen LogP contribution in [0.1, 0.15) is 18.4 Å². The molecular formula is C21H22N2O5. The second-order valence-electron chi connectivity index (χ2n) is 6.44. The second kappa shape index (κ2) is 8.56. The van der Waals surface area contributed by atoms with E-state index in [0.717, 1.165) is 16.9 Å². The SMILES string of the molecule is COc1ccc(OC)c(N2C(=O)NC(=O)C(CCCc3ccccc3)C2=O)c1. The lowest BCUT2D eigenvalue weighted by Crippen LogP contribution is -2.58. The van der Waals surface area contributed by atoms with Crippen molar-refractivity contribution in [2.24, 2.45) is 5.92 Å².